The average molecular weight is 401 g/mol. The number of aromatic nitrogens is 3. The van der Waals surface area contributed by atoms with Gasteiger partial charge in [-0.25, -0.2) is 13.2 Å². The van der Waals surface area contributed by atoms with Crippen molar-refractivity contribution in [3.05, 3.63) is 59.7 Å². The number of hydrogen-bond acceptors (Lipinski definition) is 2. The first kappa shape index (κ1) is 19.0. The molecule has 4 rings (SSSR count). The van der Waals surface area contributed by atoms with Crippen LogP contribution in [0.1, 0.15) is 37.4 Å². The normalized spacial score (nSPS) is 12.3. The number of aliphatic carboxylic acids is 1. The number of carboxylic acids is 1. The van der Waals surface area contributed by atoms with Crippen LogP contribution in [0, 0.1) is 5.82 Å². The molecular weight excluding hydrogens is 383 g/mol. The highest BCUT2D eigenvalue weighted by molar-refractivity contribution is 5.99. The molecule has 0 unspecified atom stereocenters. The molecule has 4 aromatic rings. The highest BCUT2D eigenvalue weighted by Crippen LogP contribution is 2.45. The Hall–Kier alpha value is -3.29. The summed E-state index contributed by atoms with van der Waals surface area (Å²) in [6.45, 7) is 3.53. The van der Waals surface area contributed by atoms with Crippen molar-refractivity contribution >= 4 is 27.8 Å². The molecule has 0 saturated heterocycles. The maximum Gasteiger partial charge on any atom is 0.309 e. The second-order valence-electron chi connectivity index (χ2n) is 7.33. The minimum atomic E-state index is -3.59. The van der Waals surface area contributed by atoms with E-state index in [2.05, 4.69) is 10.2 Å². The number of hydrogen-bond donors (Lipinski definition) is 2. The third-order valence-corrected chi connectivity index (χ3v) is 4.93. The molecule has 8 heteroatoms. The quantitative estimate of drug-likeness (QED) is 0.474. The van der Waals surface area contributed by atoms with Crippen molar-refractivity contribution in [1.82, 2.24) is 14.8 Å². The maximum absolute atomic E-state index is 15.2. The molecule has 0 radical (unpaired) electrons. The molecule has 0 amide bonds. The summed E-state index contributed by atoms with van der Waals surface area (Å²) in [5.41, 5.74) is 1.52. The summed E-state index contributed by atoms with van der Waals surface area (Å²) in [5.74, 6) is -5.97. The minimum absolute atomic E-state index is 0.237. The van der Waals surface area contributed by atoms with Gasteiger partial charge >= 0.3 is 5.97 Å². The molecule has 150 valence electrons. The van der Waals surface area contributed by atoms with Crippen LogP contribution >= 0.6 is 0 Å². The van der Waals surface area contributed by atoms with Crippen molar-refractivity contribution < 1.29 is 23.1 Å². The predicted octanol–water partition coefficient (Wildman–Crippen LogP) is 5.34. The van der Waals surface area contributed by atoms with Crippen LogP contribution < -0.4 is 0 Å². The van der Waals surface area contributed by atoms with Crippen LogP contribution in [0.4, 0.5) is 13.2 Å². The number of carboxylic acid groups (broad SMARTS) is 1. The van der Waals surface area contributed by atoms with Crippen molar-refractivity contribution in [2.75, 3.05) is 0 Å². The molecule has 0 atom stereocenters. The molecule has 29 heavy (non-hydrogen) atoms. The van der Waals surface area contributed by atoms with E-state index in [4.69, 9.17) is 5.11 Å². The van der Waals surface area contributed by atoms with E-state index >= 15 is 8.78 Å². The Morgan fingerprint density at radius 3 is 2.55 bits per heavy atom. The van der Waals surface area contributed by atoms with Gasteiger partial charge < -0.3 is 9.67 Å². The monoisotopic (exact) mass is 401 g/mol. The lowest BCUT2D eigenvalue weighted by molar-refractivity contribution is -0.145. The Kier molecular flexibility index (Phi) is 4.37. The Balaban J connectivity index is 2.16. The molecule has 0 saturated carbocycles. The first-order chi connectivity index (χ1) is 13.7. The Bertz CT molecular complexity index is 1220. The fourth-order valence-electron chi connectivity index (χ4n) is 3.82. The van der Waals surface area contributed by atoms with Crippen molar-refractivity contribution in [2.24, 2.45) is 0 Å². The fraction of sp³-hybridized carbons (Fsp3) is 0.238. The predicted molar refractivity (Wildman–Crippen MR) is 103 cm³/mol. The number of benzene rings is 2. The highest BCUT2D eigenvalue weighted by atomic mass is 19.3. The lowest BCUT2D eigenvalue weighted by atomic mass is 9.96. The van der Waals surface area contributed by atoms with E-state index in [-0.39, 0.29) is 16.9 Å². The summed E-state index contributed by atoms with van der Waals surface area (Å²) in [6.07, 6.45) is 0.261. The van der Waals surface area contributed by atoms with Crippen LogP contribution in [0.5, 0.6) is 0 Å². The van der Waals surface area contributed by atoms with E-state index in [1.165, 1.54) is 24.3 Å². The number of H-pyrrole nitrogens is 1. The number of alkyl halides is 2. The van der Waals surface area contributed by atoms with Gasteiger partial charge in [0.25, 0.3) is 5.92 Å². The second kappa shape index (κ2) is 6.65. The van der Waals surface area contributed by atoms with Crippen molar-refractivity contribution in [1.29, 1.82) is 0 Å². The molecule has 2 aromatic heterocycles. The van der Waals surface area contributed by atoms with E-state index < -0.39 is 24.1 Å². The smallest absolute Gasteiger partial charge is 0.309 e. The Labute approximate surface area is 163 Å². The topological polar surface area (TPSA) is 70.9 Å². The van der Waals surface area contributed by atoms with Crippen molar-refractivity contribution in [2.45, 2.75) is 32.1 Å². The molecule has 0 bridgehead atoms. The number of nitrogens with one attached hydrogen (secondary N) is 1. The van der Waals surface area contributed by atoms with Gasteiger partial charge in [0.15, 0.2) is 0 Å². The summed E-state index contributed by atoms with van der Waals surface area (Å²) >= 11 is 0. The Morgan fingerprint density at radius 2 is 1.93 bits per heavy atom. The van der Waals surface area contributed by atoms with Crippen LogP contribution in [0.3, 0.4) is 0 Å². The van der Waals surface area contributed by atoms with Gasteiger partial charge in [-0.15, -0.1) is 0 Å². The summed E-state index contributed by atoms with van der Waals surface area (Å²) in [7, 11) is 0. The molecular formula is C21H18F3N3O2. The lowest BCUT2D eigenvalue weighted by Gasteiger charge is -2.20. The maximum atomic E-state index is 15.2. The third-order valence-electron chi connectivity index (χ3n) is 4.93. The summed E-state index contributed by atoms with van der Waals surface area (Å²) < 4.78 is 45.5. The number of fused-ring (bicyclic) bond motifs is 2. The zero-order valence-electron chi connectivity index (χ0n) is 15.7. The van der Waals surface area contributed by atoms with E-state index in [9.17, 15) is 9.18 Å². The van der Waals surface area contributed by atoms with Crippen molar-refractivity contribution in [3.8, 4) is 5.69 Å². The van der Waals surface area contributed by atoms with E-state index in [1.807, 2.05) is 0 Å². The van der Waals surface area contributed by atoms with Gasteiger partial charge in [0.1, 0.15) is 12.2 Å². The van der Waals surface area contributed by atoms with Gasteiger partial charge in [-0.3, -0.25) is 9.89 Å². The van der Waals surface area contributed by atoms with Crippen LogP contribution in [0.25, 0.3) is 27.5 Å². The molecule has 0 aliphatic heterocycles. The number of rotatable bonds is 5. The zero-order chi connectivity index (χ0) is 20.9. The van der Waals surface area contributed by atoms with Crippen LogP contribution in [-0.4, -0.2) is 25.8 Å². The molecule has 0 fully saturated rings. The van der Waals surface area contributed by atoms with Gasteiger partial charge in [0.2, 0.25) is 0 Å². The minimum Gasteiger partial charge on any atom is -0.481 e. The van der Waals surface area contributed by atoms with Crippen LogP contribution in [0.2, 0.25) is 0 Å². The zero-order valence-corrected chi connectivity index (χ0v) is 15.7. The van der Waals surface area contributed by atoms with Gasteiger partial charge in [-0.05, 0) is 42.3 Å². The largest absolute Gasteiger partial charge is 0.481 e. The van der Waals surface area contributed by atoms with Crippen LogP contribution in [0.15, 0.2) is 42.6 Å². The van der Waals surface area contributed by atoms with E-state index in [0.717, 1.165) is 5.39 Å². The third kappa shape index (κ3) is 3.14. The molecule has 2 aromatic carbocycles. The molecule has 0 aliphatic rings. The number of aromatic amines is 1. The number of halogens is 3. The lowest BCUT2D eigenvalue weighted by Crippen LogP contribution is -2.21. The number of carbonyl (C=O) groups is 1. The van der Waals surface area contributed by atoms with Gasteiger partial charge in [0, 0.05) is 22.2 Å². The van der Waals surface area contributed by atoms with Crippen molar-refractivity contribution in [3.63, 3.8) is 0 Å². The van der Waals surface area contributed by atoms with Gasteiger partial charge in [0.05, 0.1) is 22.8 Å². The standard InChI is InChI=1S/C21H18F3N3O2/c1-11(2)20-19(21(23,24)9-18(28)29)15-8-16-12(10-25-26-16)7-17(15)27(20)14-5-3-13(22)4-6-14/h3-8,10-11H,9H2,1-2H3,(H,25,26)(H,28,29). The SMILES string of the molecule is CC(C)c1c(C(F)(F)CC(=O)O)c2cc3[nH]ncc3cc2n1-c1ccc(F)cc1. The van der Waals surface area contributed by atoms with Gasteiger partial charge in [-0.2, -0.15) is 5.10 Å². The summed E-state index contributed by atoms with van der Waals surface area (Å²) in [4.78, 5) is 11.1. The van der Waals surface area contributed by atoms with E-state index in [0.29, 0.717) is 22.4 Å². The highest BCUT2D eigenvalue weighted by Gasteiger charge is 2.41. The van der Waals surface area contributed by atoms with E-state index in [1.54, 1.807) is 36.7 Å². The van der Waals surface area contributed by atoms with Gasteiger partial charge in [-0.1, -0.05) is 13.8 Å². The summed E-state index contributed by atoms with van der Waals surface area (Å²) in [6, 6.07) is 8.84. The summed E-state index contributed by atoms with van der Waals surface area (Å²) in [5, 5.41) is 16.7. The molecule has 2 N–H and O–H groups in total. The molecule has 0 spiro atoms. The molecule has 5 nitrogen and oxygen atoms in total. The molecule has 2 heterocycles. The first-order valence-electron chi connectivity index (χ1n) is 9.06. The average Bonchev–Trinajstić information content (AvgIpc) is 3.21. The first-order valence-corrected chi connectivity index (χ1v) is 9.06. The second-order valence-corrected chi connectivity index (χ2v) is 7.33. The molecule has 0 aliphatic carbocycles. The number of nitrogens with zero attached hydrogens (tertiary/aromatic N) is 2. The fourth-order valence-corrected chi connectivity index (χ4v) is 3.82. The Morgan fingerprint density at radius 1 is 1.24 bits per heavy atom. The van der Waals surface area contributed by atoms with Crippen LogP contribution in [-0.2, 0) is 10.7 Å².